The summed E-state index contributed by atoms with van der Waals surface area (Å²) in [6.45, 7) is 0. The summed E-state index contributed by atoms with van der Waals surface area (Å²) in [5.41, 5.74) is 0.144. The molecule has 8 nitrogen and oxygen atoms in total. The van der Waals surface area contributed by atoms with Gasteiger partial charge in [0.2, 0.25) is 5.76 Å². The van der Waals surface area contributed by atoms with E-state index < -0.39 is 20.9 Å². The molecule has 26 heavy (non-hydrogen) atoms. The summed E-state index contributed by atoms with van der Waals surface area (Å²) in [6, 6.07) is 8.01. The molecule has 1 heterocycles. The number of nitrogens with one attached hydrogen (secondary N) is 1. The molecular weight excluding hydrogens is 452 g/mol. The van der Waals surface area contributed by atoms with Gasteiger partial charge in [-0.25, -0.2) is 13.2 Å². The molecule has 0 spiro atoms. The van der Waals surface area contributed by atoms with Crippen LogP contribution in [0.2, 0.25) is 0 Å². The third-order valence-corrected chi connectivity index (χ3v) is 5.24. The van der Waals surface area contributed by atoms with Gasteiger partial charge >= 0.3 is 5.97 Å². The number of anilines is 1. The molecule has 2 aromatic carbocycles. The topological polar surface area (TPSA) is 127 Å². The van der Waals surface area contributed by atoms with Gasteiger partial charge in [0.1, 0.15) is 5.52 Å². The van der Waals surface area contributed by atoms with Crippen LogP contribution >= 0.6 is 26.6 Å². The molecule has 0 radical (unpaired) electrons. The van der Waals surface area contributed by atoms with Crippen LogP contribution in [-0.4, -0.2) is 30.6 Å². The second kappa shape index (κ2) is 6.71. The highest BCUT2D eigenvalue weighted by atomic mass is 79.9. The average molecular weight is 460 g/mol. The number of aromatic nitrogens is 1. The van der Waals surface area contributed by atoms with E-state index in [9.17, 15) is 23.1 Å². The van der Waals surface area contributed by atoms with Crippen molar-refractivity contribution in [2.45, 2.75) is 4.90 Å². The Morgan fingerprint density at radius 3 is 2.58 bits per heavy atom. The lowest BCUT2D eigenvalue weighted by Gasteiger charge is -2.07. The van der Waals surface area contributed by atoms with Crippen molar-refractivity contribution in [2.24, 2.45) is 0 Å². The van der Waals surface area contributed by atoms with Crippen LogP contribution in [0.3, 0.4) is 0 Å². The van der Waals surface area contributed by atoms with Gasteiger partial charge in [0.05, 0.1) is 21.5 Å². The largest absolute Gasteiger partial charge is 0.478 e. The zero-order valence-electron chi connectivity index (χ0n) is 12.6. The van der Waals surface area contributed by atoms with Crippen molar-refractivity contribution in [2.75, 3.05) is 5.32 Å². The average Bonchev–Trinajstić information content (AvgIpc) is 2.98. The van der Waals surface area contributed by atoms with E-state index in [2.05, 4.69) is 26.4 Å². The molecule has 0 bridgehead atoms. The predicted octanol–water partition coefficient (Wildman–Crippen LogP) is 3.47. The highest BCUT2D eigenvalue weighted by Crippen LogP contribution is 2.26. The van der Waals surface area contributed by atoms with Gasteiger partial charge in [0, 0.05) is 15.2 Å². The lowest BCUT2D eigenvalue weighted by Crippen LogP contribution is -2.14. The first kappa shape index (κ1) is 18.4. The maximum absolute atomic E-state index is 12.5. The Bertz CT molecular complexity index is 1160. The zero-order valence-corrected chi connectivity index (χ0v) is 15.7. The van der Waals surface area contributed by atoms with Gasteiger partial charge in [0.25, 0.3) is 15.0 Å². The maximum Gasteiger partial charge on any atom is 0.337 e. The Balaban J connectivity index is 2.03. The van der Waals surface area contributed by atoms with Crippen LogP contribution in [0.1, 0.15) is 20.9 Å². The zero-order chi connectivity index (χ0) is 19.1. The monoisotopic (exact) mass is 458 g/mol. The summed E-state index contributed by atoms with van der Waals surface area (Å²) in [5.74, 6) is -2.30. The second-order valence-electron chi connectivity index (χ2n) is 5.08. The number of halogens is 2. The normalized spacial score (nSPS) is 11.5. The Morgan fingerprint density at radius 1 is 1.19 bits per heavy atom. The van der Waals surface area contributed by atoms with E-state index in [0.717, 1.165) is 6.07 Å². The predicted molar refractivity (Wildman–Crippen MR) is 96.1 cm³/mol. The lowest BCUT2D eigenvalue weighted by atomic mass is 10.1. The molecule has 0 unspecified atom stereocenters. The van der Waals surface area contributed by atoms with Crippen molar-refractivity contribution in [3.05, 3.63) is 52.2 Å². The highest BCUT2D eigenvalue weighted by molar-refractivity contribution is 9.10. The molecule has 0 fully saturated rings. The standard InChI is InChI=1S/C15H8BrClN2O6S/c16-7-1-3-11(10(5-7)15(21)22)18-14(20)13-9-6-8(26(17,23)24)2-4-12(9)19-25-13/h1-6H,(H,18,20)(H,21,22). The second-order valence-corrected chi connectivity index (χ2v) is 8.56. The van der Waals surface area contributed by atoms with E-state index in [1.54, 1.807) is 6.07 Å². The Labute approximate surface area is 159 Å². The molecule has 0 saturated heterocycles. The molecule has 1 aromatic heterocycles. The fourth-order valence-corrected chi connectivity index (χ4v) is 3.36. The van der Waals surface area contributed by atoms with Crippen molar-refractivity contribution in [3.63, 3.8) is 0 Å². The van der Waals surface area contributed by atoms with Crippen LogP contribution < -0.4 is 5.32 Å². The van der Waals surface area contributed by atoms with Crippen LogP contribution in [0.4, 0.5) is 5.69 Å². The van der Waals surface area contributed by atoms with E-state index in [-0.39, 0.29) is 32.8 Å². The van der Waals surface area contributed by atoms with E-state index >= 15 is 0 Å². The number of carboxylic acid groups (broad SMARTS) is 1. The Morgan fingerprint density at radius 2 is 1.92 bits per heavy atom. The van der Waals surface area contributed by atoms with E-state index in [0.29, 0.717) is 4.47 Å². The van der Waals surface area contributed by atoms with Gasteiger partial charge in [-0.05, 0) is 36.4 Å². The van der Waals surface area contributed by atoms with Crippen LogP contribution in [-0.2, 0) is 9.05 Å². The number of benzene rings is 2. The SMILES string of the molecule is O=C(O)c1cc(Br)ccc1NC(=O)c1onc2ccc(S(=O)(=O)Cl)cc12. The van der Waals surface area contributed by atoms with Gasteiger partial charge in [-0.1, -0.05) is 21.1 Å². The van der Waals surface area contributed by atoms with Crippen molar-refractivity contribution in [1.82, 2.24) is 5.16 Å². The van der Waals surface area contributed by atoms with E-state index in [1.807, 2.05) is 0 Å². The van der Waals surface area contributed by atoms with Gasteiger partial charge < -0.3 is 14.9 Å². The number of carbonyl (C=O) groups excluding carboxylic acids is 1. The molecule has 11 heteroatoms. The number of rotatable bonds is 4. The number of amides is 1. The Hall–Kier alpha value is -2.43. The van der Waals surface area contributed by atoms with Gasteiger partial charge in [-0.15, -0.1) is 0 Å². The maximum atomic E-state index is 12.5. The van der Waals surface area contributed by atoms with Crippen LogP contribution in [0.15, 0.2) is 50.3 Å². The van der Waals surface area contributed by atoms with Gasteiger partial charge in [-0.3, -0.25) is 4.79 Å². The number of hydrogen-bond donors (Lipinski definition) is 2. The molecule has 0 saturated carbocycles. The number of hydrogen-bond acceptors (Lipinski definition) is 6. The van der Waals surface area contributed by atoms with Crippen LogP contribution in [0, 0.1) is 0 Å². The van der Waals surface area contributed by atoms with Crippen molar-refractivity contribution < 1.29 is 27.6 Å². The molecule has 1 amide bonds. The first-order chi connectivity index (χ1) is 12.2. The first-order valence-electron chi connectivity index (χ1n) is 6.85. The third-order valence-electron chi connectivity index (χ3n) is 3.40. The molecular formula is C15H8BrClN2O6S. The summed E-state index contributed by atoms with van der Waals surface area (Å²) >= 11 is 3.15. The van der Waals surface area contributed by atoms with Gasteiger partial charge in [0.15, 0.2) is 0 Å². The summed E-state index contributed by atoms with van der Waals surface area (Å²) in [4.78, 5) is 23.6. The molecule has 0 atom stereocenters. The number of fused-ring (bicyclic) bond motifs is 1. The molecule has 0 aliphatic carbocycles. The number of carboxylic acids is 1. The van der Waals surface area contributed by atoms with Crippen molar-refractivity contribution in [3.8, 4) is 0 Å². The van der Waals surface area contributed by atoms with E-state index in [4.69, 9.17) is 15.2 Å². The minimum absolute atomic E-state index is 0.0383. The van der Waals surface area contributed by atoms with Crippen LogP contribution in [0.25, 0.3) is 10.9 Å². The smallest absolute Gasteiger partial charge is 0.337 e. The molecule has 0 aliphatic rings. The number of carbonyl (C=O) groups is 2. The summed E-state index contributed by atoms with van der Waals surface area (Å²) in [7, 11) is 1.30. The molecule has 2 N–H and O–H groups in total. The fourth-order valence-electron chi connectivity index (χ4n) is 2.22. The van der Waals surface area contributed by atoms with Gasteiger partial charge in [-0.2, -0.15) is 0 Å². The summed E-state index contributed by atoms with van der Waals surface area (Å²) in [6.07, 6.45) is 0. The highest BCUT2D eigenvalue weighted by Gasteiger charge is 2.21. The fraction of sp³-hybridized carbons (Fsp3) is 0. The first-order valence-corrected chi connectivity index (χ1v) is 9.95. The number of nitrogens with zero attached hydrogens (tertiary/aromatic N) is 1. The van der Waals surface area contributed by atoms with Crippen molar-refractivity contribution in [1.29, 1.82) is 0 Å². The molecule has 3 rings (SSSR count). The summed E-state index contributed by atoms with van der Waals surface area (Å²) < 4.78 is 28.4. The van der Waals surface area contributed by atoms with Crippen molar-refractivity contribution >= 4 is 64.1 Å². The summed E-state index contributed by atoms with van der Waals surface area (Å²) in [5, 5.41) is 15.5. The number of aromatic carboxylic acids is 1. The Kier molecular flexibility index (Phi) is 4.74. The van der Waals surface area contributed by atoms with Crippen LogP contribution in [0.5, 0.6) is 0 Å². The molecule has 0 aliphatic heterocycles. The lowest BCUT2D eigenvalue weighted by molar-refractivity contribution is 0.0698. The quantitative estimate of drug-likeness (QED) is 0.572. The third kappa shape index (κ3) is 3.57. The molecule has 3 aromatic rings. The molecule has 134 valence electrons. The minimum atomic E-state index is -4.01. The van der Waals surface area contributed by atoms with E-state index in [1.165, 1.54) is 24.3 Å². The minimum Gasteiger partial charge on any atom is -0.478 e.